The number of ether oxygens (including phenoxy) is 1. The van der Waals surface area contributed by atoms with E-state index in [1.165, 1.54) is 5.56 Å². The Hall–Kier alpha value is -2.82. The van der Waals surface area contributed by atoms with Gasteiger partial charge in [-0.1, -0.05) is 18.2 Å². The van der Waals surface area contributed by atoms with Crippen LogP contribution in [0.3, 0.4) is 0 Å². The van der Waals surface area contributed by atoms with Crippen molar-refractivity contribution in [2.75, 3.05) is 25.0 Å². The van der Waals surface area contributed by atoms with Crippen LogP contribution in [0, 0.1) is 13.8 Å². The summed E-state index contributed by atoms with van der Waals surface area (Å²) in [4.78, 5) is 26.6. The summed E-state index contributed by atoms with van der Waals surface area (Å²) in [6, 6.07) is 12.7. The molecular weight excluding hydrogens is 328 g/mol. The highest BCUT2D eigenvalue weighted by Gasteiger charge is 2.17. The number of anilines is 1. The topological polar surface area (TPSA) is 58.6 Å². The molecule has 2 aromatic rings. The Kier molecular flexibility index (Phi) is 6.78. The Balaban J connectivity index is 2.05. The molecule has 0 aliphatic carbocycles. The Labute approximate surface area is 155 Å². The Morgan fingerprint density at radius 1 is 1.00 bits per heavy atom. The van der Waals surface area contributed by atoms with Gasteiger partial charge in [-0.05, 0) is 63.1 Å². The van der Waals surface area contributed by atoms with E-state index in [0.29, 0.717) is 30.1 Å². The zero-order valence-corrected chi connectivity index (χ0v) is 15.8. The second-order valence-electron chi connectivity index (χ2n) is 6.11. The molecule has 0 aliphatic heterocycles. The Morgan fingerprint density at radius 2 is 1.69 bits per heavy atom. The number of benzene rings is 2. The summed E-state index contributed by atoms with van der Waals surface area (Å²) in [6.07, 6.45) is 0. The van der Waals surface area contributed by atoms with E-state index in [0.717, 1.165) is 5.56 Å². The molecule has 0 unspecified atom stereocenters. The third-order valence-corrected chi connectivity index (χ3v) is 4.33. The largest absolute Gasteiger partial charge is 0.484 e. The lowest BCUT2D eigenvalue weighted by Gasteiger charge is -2.20. The van der Waals surface area contributed by atoms with Crippen LogP contribution >= 0.6 is 0 Å². The minimum atomic E-state index is -0.303. The number of amides is 2. The molecule has 0 radical (unpaired) electrons. The average molecular weight is 354 g/mol. The number of aryl methyl sites for hydroxylation is 2. The predicted octanol–water partition coefficient (Wildman–Crippen LogP) is 3.80. The summed E-state index contributed by atoms with van der Waals surface area (Å²) in [6.45, 7) is 9.00. The van der Waals surface area contributed by atoms with E-state index >= 15 is 0 Å². The lowest BCUT2D eigenvalue weighted by molar-refractivity contribution is -0.118. The first-order chi connectivity index (χ1) is 12.5. The molecule has 0 aliphatic rings. The third-order valence-electron chi connectivity index (χ3n) is 4.33. The highest BCUT2D eigenvalue weighted by Crippen LogP contribution is 2.19. The van der Waals surface area contributed by atoms with Gasteiger partial charge in [-0.15, -0.1) is 0 Å². The van der Waals surface area contributed by atoms with Crippen LogP contribution in [0.25, 0.3) is 0 Å². The maximum atomic E-state index is 12.6. The van der Waals surface area contributed by atoms with Gasteiger partial charge < -0.3 is 15.0 Å². The minimum absolute atomic E-state index is 0.0963. The first kappa shape index (κ1) is 19.5. The van der Waals surface area contributed by atoms with Crippen molar-refractivity contribution in [1.82, 2.24) is 4.90 Å². The van der Waals surface area contributed by atoms with E-state index in [2.05, 4.69) is 5.32 Å². The van der Waals surface area contributed by atoms with E-state index in [1.807, 2.05) is 45.9 Å². The molecule has 5 heteroatoms. The van der Waals surface area contributed by atoms with Gasteiger partial charge in [0.25, 0.3) is 11.8 Å². The molecular formula is C21H26N2O3. The number of para-hydroxylation sites is 1. The maximum Gasteiger partial charge on any atom is 0.262 e. The van der Waals surface area contributed by atoms with Gasteiger partial charge >= 0.3 is 0 Å². The number of carbonyl (C=O) groups excluding carboxylic acids is 2. The molecule has 5 nitrogen and oxygen atoms in total. The average Bonchev–Trinajstić information content (AvgIpc) is 2.64. The second-order valence-corrected chi connectivity index (χ2v) is 6.11. The summed E-state index contributed by atoms with van der Waals surface area (Å²) < 4.78 is 5.56. The minimum Gasteiger partial charge on any atom is -0.484 e. The van der Waals surface area contributed by atoms with E-state index < -0.39 is 0 Å². The first-order valence-electron chi connectivity index (χ1n) is 8.84. The predicted molar refractivity (Wildman–Crippen MR) is 104 cm³/mol. The molecule has 0 fully saturated rings. The smallest absolute Gasteiger partial charge is 0.262 e. The Morgan fingerprint density at radius 3 is 2.35 bits per heavy atom. The van der Waals surface area contributed by atoms with Crippen LogP contribution in [0.1, 0.15) is 35.3 Å². The van der Waals surface area contributed by atoms with E-state index in [1.54, 1.807) is 29.2 Å². The van der Waals surface area contributed by atoms with Crippen LogP contribution < -0.4 is 10.1 Å². The van der Waals surface area contributed by atoms with Crippen molar-refractivity contribution in [3.05, 3.63) is 59.2 Å². The van der Waals surface area contributed by atoms with Crippen LogP contribution in [-0.4, -0.2) is 36.4 Å². The molecule has 0 atom stereocenters. The Bertz CT molecular complexity index is 783. The summed E-state index contributed by atoms with van der Waals surface area (Å²) in [5.41, 5.74) is 3.26. The van der Waals surface area contributed by atoms with Gasteiger partial charge in [0, 0.05) is 13.1 Å². The molecule has 2 amide bonds. The fraction of sp³-hybridized carbons (Fsp3) is 0.333. The lowest BCUT2D eigenvalue weighted by atomic mass is 10.1. The summed E-state index contributed by atoms with van der Waals surface area (Å²) in [7, 11) is 0. The molecule has 2 rings (SSSR count). The van der Waals surface area contributed by atoms with Gasteiger partial charge in [-0.3, -0.25) is 9.59 Å². The molecule has 0 heterocycles. The molecule has 0 saturated heterocycles. The standard InChI is InChI=1S/C21H26N2O3/c1-5-23(6-2)21(25)18-9-7-8-10-19(18)22-20(24)14-26-17-12-11-15(3)16(4)13-17/h7-13H,5-6,14H2,1-4H3,(H,22,24). The molecule has 2 aromatic carbocycles. The molecule has 26 heavy (non-hydrogen) atoms. The molecule has 138 valence electrons. The number of nitrogens with one attached hydrogen (secondary N) is 1. The van der Waals surface area contributed by atoms with Crippen molar-refractivity contribution in [3.8, 4) is 5.75 Å². The molecule has 0 aromatic heterocycles. The van der Waals surface area contributed by atoms with Crippen molar-refractivity contribution in [1.29, 1.82) is 0 Å². The van der Waals surface area contributed by atoms with E-state index in [-0.39, 0.29) is 18.4 Å². The zero-order chi connectivity index (χ0) is 19.1. The van der Waals surface area contributed by atoms with Crippen molar-refractivity contribution >= 4 is 17.5 Å². The number of carbonyl (C=O) groups is 2. The third kappa shape index (κ3) is 4.85. The van der Waals surface area contributed by atoms with Gasteiger partial charge in [-0.2, -0.15) is 0 Å². The van der Waals surface area contributed by atoms with Crippen molar-refractivity contribution in [3.63, 3.8) is 0 Å². The van der Waals surface area contributed by atoms with Crippen molar-refractivity contribution in [2.24, 2.45) is 0 Å². The van der Waals surface area contributed by atoms with Crippen LogP contribution in [0.2, 0.25) is 0 Å². The van der Waals surface area contributed by atoms with Gasteiger partial charge in [-0.25, -0.2) is 0 Å². The van der Waals surface area contributed by atoms with Crippen molar-refractivity contribution < 1.29 is 14.3 Å². The van der Waals surface area contributed by atoms with Crippen molar-refractivity contribution in [2.45, 2.75) is 27.7 Å². The first-order valence-corrected chi connectivity index (χ1v) is 8.84. The summed E-state index contributed by atoms with van der Waals surface area (Å²) >= 11 is 0. The van der Waals surface area contributed by atoms with Gasteiger partial charge in [0.15, 0.2) is 6.61 Å². The second kappa shape index (κ2) is 9.04. The summed E-state index contributed by atoms with van der Waals surface area (Å²) in [5.74, 6) is 0.250. The van der Waals surface area contributed by atoms with Crippen LogP contribution in [-0.2, 0) is 4.79 Å². The maximum absolute atomic E-state index is 12.6. The molecule has 0 spiro atoms. The van der Waals surface area contributed by atoms with E-state index in [9.17, 15) is 9.59 Å². The fourth-order valence-electron chi connectivity index (χ4n) is 2.60. The zero-order valence-electron chi connectivity index (χ0n) is 15.8. The van der Waals surface area contributed by atoms with Crippen LogP contribution in [0.5, 0.6) is 5.75 Å². The van der Waals surface area contributed by atoms with Gasteiger partial charge in [0.05, 0.1) is 11.3 Å². The molecule has 0 bridgehead atoms. The van der Waals surface area contributed by atoms with Crippen LogP contribution in [0.15, 0.2) is 42.5 Å². The SMILES string of the molecule is CCN(CC)C(=O)c1ccccc1NC(=O)COc1ccc(C)c(C)c1. The molecule has 1 N–H and O–H groups in total. The van der Waals surface area contributed by atoms with Gasteiger partial charge in [0.2, 0.25) is 0 Å². The monoisotopic (exact) mass is 354 g/mol. The molecule has 0 saturated carbocycles. The quantitative estimate of drug-likeness (QED) is 0.823. The fourth-order valence-corrected chi connectivity index (χ4v) is 2.60. The normalized spacial score (nSPS) is 10.3. The number of rotatable bonds is 7. The van der Waals surface area contributed by atoms with Gasteiger partial charge in [0.1, 0.15) is 5.75 Å². The van der Waals surface area contributed by atoms with E-state index in [4.69, 9.17) is 4.74 Å². The summed E-state index contributed by atoms with van der Waals surface area (Å²) in [5, 5.41) is 2.78. The lowest BCUT2D eigenvalue weighted by Crippen LogP contribution is -2.31. The highest BCUT2D eigenvalue weighted by molar-refractivity contribution is 6.04. The number of hydrogen-bond donors (Lipinski definition) is 1. The van der Waals surface area contributed by atoms with Crippen LogP contribution in [0.4, 0.5) is 5.69 Å². The number of hydrogen-bond acceptors (Lipinski definition) is 3. The highest BCUT2D eigenvalue weighted by atomic mass is 16.5. The number of nitrogens with zero attached hydrogens (tertiary/aromatic N) is 1.